The molecule has 0 spiro atoms. The molecule has 0 aromatic rings. The summed E-state index contributed by atoms with van der Waals surface area (Å²) < 4.78 is 5.08. The number of likely N-dealkylation sites (N-methyl/N-ethyl adjacent to an activating group) is 1. The van der Waals surface area contributed by atoms with Gasteiger partial charge in [0.25, 0.3) is 0 Å². The first-order valence-corrected chi connectivity index (χ1v) is 6.19. The minimum absolute atomic E-state index is 0.649. The molecule has 0 aliphatic rings. The standard InChI is InChI=1S/C12H28N2O/c1-5-7-12(3)13-8-9-14(6-2)10-11-15-4/h12-13H,5-11H2,1-4H3. The Balaban J connectivity index is 3.44. The first-order chi connectivity index (χ1) is 7.24. The largest absolute Gasteiger partial charge is 0.383 e. The van der Waals surface area contributed by atoms with Crippen LogP contribution in [0.25, 0.3) is 0 Å². The molecule has 0 aliphatic carbocycles. The van der Waals surface area contributed by atoms with E-state index in [0.29, 0.717) is 6.04 Å². The molecule has 1 atom stereocenters. The molecule has 0 aromatic carbocycles. The van der Waals surface area contributed by atoms with Gasteiger partial charge in [-0.3, -0.25) is 0 Å². The third-order valence-electron chi connectivity index (χ3n) is 2.70. The lowest BCUT2D eigenvalue weighted by Gasteiger charge is -2.21. The van der Waals surface area contributed by atoms with Crippen molar-refractivity contribution >= 4 is 0 Å². The fraction of sp³-hybridized carbons (Fsp3) is 1.00. The van der Waals surface area contributed by atoms with Crippen LogP contribution in [0.5, 0.6) is 0 Å². The van der Waals surface area contributed by atoms with Gasteiger partial charge in [-0.05, 0) is 19.9 Å². The summed E-state index contributed by atoms with van der Waals surface area (Å²) in [5.74, 6) is 0. The third kappa shape index (κ3) is 8.85. The van der Waals surface area contributed by atoms with Crippen LogP contribution in [0, 0.1) is 0 Å². The Labute approximate surface area is 95.2 Å². The zero-order valence-electron chi connectivity index (χ0n) is 10.9. The highest BCUT2D eigenvalue weighted by atomic mass is 16.5. The molecule has 0 aromatic heterocycles. The predicted molar refractivity (Wildman–Crippen MR) is 66.4 cm³/mol. The quantitative estimate of drug-likeness (QED) is 0.602. The maximum Gasteiger partial charge on any atom is 0.0589 e. The minimum Gasteiger partial charge on any atom is -0.383 e. The Hall–Kier alpha value is -0.120. The molecule has 92 valence electrons. The summed E-state index contributed by atoms with van der Waals surface area (Å²) in [6.45, 7) is 11.9. The summed E-state index contributed by atoms with van der Waals surface area (Å²) in [5, 5.41) is 3.54. The molecule has 0 fully saturated rings. The molecular weight excluding hydrogens is 188 g/mol. The Bertz CT molecular complexity index is 131. The van der Waals surface area contributed by atoms with E-state index < -0.39 is 0 Å². The molecule has 0 radical (unpaired) electrons. The van der Waals surface area contributed by atoms with E-state index >= 15 is 0 Å². The van der Waals surface area contributed by atoms with Gasteiger partial charge in [-0.15, -0.1) is 0 Å². The molecule has 15 heavy (non-hydrogen) atoms. The molecule has 0 rings (SSSR count). The molecule has 3 heteroatoms. The van der Waals surface area contributed by atoms with Gasteiger partial charge in [-0.1, -0.05) is 20.3 Å². The van der Waals surface area contributed by atoms with Crippen LogP contribution >= 0.6 is 0 Å². The van der Waals surface area contributed by atoms with Crippen LogP contribution in [-0.4, -0.2) is 50.8 Å². The Kier molecular flexibility index (Phi) is 10.3. The number of hydrogen-bond acceptors (Lipinski definition) is 3. The Morgan fingerprint density at radius 1 is 1.27 bits per heavy atom. The average molecular weight is 216 g/mol. The zero-order chi connectivity index (χ0) is 11.5. The average Bonchev–Trinajstić information content (AvgIpc) is 2.23. The van der Waals surface area contributed by atoms with E-state index in [9.17, 15) is 0 Å². The minimum atomic E-state index is 0.649. The molecule has 0 heterocycles. The highest BCUT2D eigenvalue weighted by Crippen LogP contribution is 1.94. The van der Waals surface area contributed by atoms with E-state index in [2.05, 4.69) is 31.0 Å². The van der Waals surface area contributed by atoms with Crippen LogP contribution in [0.2, 0.25) is 0 Å². The SMILES string of the molecule is CCCC(C)NCCN(CC)CCOC. The fourth-order valence-electron chi connectivity index (χ4n) is 1.65. The summed E-state index contributed by atoms with van der Waals surface area (Å²) >= 11 is 0. The van der Waals surface area contributed by atoms with Crippen molar-refractivity contribution in [2.24, 2.45) is 0 Å². The second kappa shape index (κ2) is 10.4. The van der Waals surface area contributed by atoms with Crippen molar-refractivity contribution in [3.8, 4) is 0 Å². The highest BCUT2D eigenvalue weighted by Gasteiger charge is 2.03. The lowest BCUT2D eigenvalue weighted by Crippen LogP contribution is -2.37. The van der Waals surface area contributed by atoms with Gasteiger partial charge in [0.15, 0.2) is 0 Å². The third-order valence-corrected chi connectivity index (χ3v) is 2.70. The summed E-state index contributed by atoms with van der Waals surface area (Å²) in [7, 11) is 1.76. The van der Waals surface area contributed by atoms with Gasteiger partial charge >= 0.3 is 0 Å². The van der Waals surface area contributed by atoms with Gasteiger partial charge in [0, 0.05) is 32.8 Å². The fourth-order valence-corrected chi connectivity index (χ4v) is 1.65. The molecule has 1 unspecified atom stereocenters. The number of nitrogens with one attached hydrogen (secondary N) is 1. The van der Waals surface area contributed by atoms with E-state index in [-0.39, 0.29) is 0 Å². The van der Waals surface area contributed by atoms with Crippen molar-refractivity contribution in [1.82, 2.24) is 10.2 Å². The summed E-state index contributed by atoms with van der Waals surface area (Å²) in [6.07, 6.45) is 2.53. The molecule has 0 bridgehead atoms. The maximum atomic E-state index is 5.08. The lowest BCUT2D eigenvalue weighted by molar-refractivity contribution is 0.150. The van der Waals surface area contributed by atoms with E-state index in [4.69, 9.17) is 4.74 Å². The van der Waals surface area contributed by atoms with Gasteiger partial charge in [0.05, 0.1) is 6.61 Å². The van der Waals surface area contributed by atoms with Crippen LogP contribution < -0.4 is 5.32 Å². The number of nitrogens with zero attached hydrogens (tertiary/aromatic N) is 1. The normalized spacial score (nSPS) is 13.4. The molecule has 0 saturated carbocycles. The van der Waals surface area contributed by atoms with Gasteiger partial charge in [-0.25, -0.2) is 0 Å². The van der Waals surface area contributed by atoms with Gasteiger partial charge in [0.1, 0.15) is 0 Å². The molecule has 1 N–H and O–H groups in total. The zero-order valence-corrected chi connectivity index (χ0v) is 10.9. The van der Waals surface area contributed by atoms with E-state index in [1.165, 1.54) is 12.8 Å². The molecule has 0 amide bonds. The number of ether oxygens (including phenoxy) is 1. The Morgan fingerprint density at radius 2 is 2.00 bits per heavy atom. The van der Waals surface area contributed by atoms with E-state index in [1.54, 1.807) is 7.11 Å². The second-order valence-electron chi connectivity index (χ2n) is 4.07. The monoisotopic (exact) mass is 216 g/mol. The number of rotatable bonds is 10. The van der Waals surface area contributed by atoms with Crippen LogP contribution in [0.15, 0.2) is 0 Å². The molecular formula is C12H28N2O. The number of methoxy groups -OCH3 is 1. The summed E-state index contributed by atoms with van der Waals surface area (Å²) in [6, 6.07) is 0.649. The second-order valence-corrected chi connectivity index (χ2v) is 4.07. The van der Waals surface area contributed by atoms with Crippen LogP contribution in [0.1, 0.15) is 33.6 Å². The first kappa shape index (κ1) is 14.9. The van der Waals surface area contributed by atoms with Gasteiger partial charge in [0.2, 0.25) is 0 Å². The smallest absolute Gasteiger partial charge is 0.0589 e. The van der Waals surface area contributed by atoms with Crippen molar-refractivity contribution in [2.45, 2.75) is 39.7 Å². The Morgan fingerprint density at radius 3 is 2.53 bits per heavy atom. The number of hydrogen-bond donors (Lipinski definition) is 1. The van der Waals surface area contributed by atoms with Crippen molar-refractivity contribution < 1.29 is 4.74 Å². The van der Waals surface area contributed by atoms with Crippen LogP contribution in [0.4, 0.5) is 0 Å². The van der Waals surface area contributed by atoms with Crippen molar-refractivity contribution in [3.63, 3.8) is 0 Å². The summed E-state index contributed by atoms with van der Waals surface area (Å²) in [5.41, 5.74) is 0. The maximum absolute atomic E-state index is 5.08. The van der Waals surface area contributed by atoms with E-state index in [1.807, 2.05) is 0 Å². The summed E-state index contributed by atoms with van der Waals surface area (Å²) in [4.78, 5) is 2.41. The van der Waals surface area contributed by atoms with Crippen molar-refractivity contribution in [2.75, 3.05) is 39.9 Å². The van der Waals surface area contributed by atoms with Crippen LogP contribution in [0.3, 0.4) is 0 Å². The molecule has 0 aliphatic heterocycles. The van der Waals surface area contributed by atoms with Gasteiger partial charge < -0.3 is 15.0 Å². The first-order valence-electron chi connectivity index (χ1n) is 6.19. The van der Waals surface area contributed by atoms with Gasteiger partial charge in [-0.2, -0.15) is 0 Å². The van der Waals surface area contributed by atoms with Crippen LogP contribution in [-0.2, 0) is 4.74 Å². The molecule has 3 nitrogen and oxygen atoms in total. The lowest BCUT2D eigenvalue weighted by atomic mass is 10.2. The predicted octanol–water partition coefficient (Wildman–Crippen LogP) is 1.73. The molecule has 0 saturated heterocycles. The topological polar surface area (TPSA) is 24.5 Å². The van der Waals surface area contributed by atoms with Crippen molar-refractivity contribution in [1.29, 1.82) is 0 Å². The highest BCUT2D eigenvalue weighted by molar-refractivity contribution is 4.62. The van der Waals surface area contributed by atoms with Crippen molar-refractivity contribution in [3.05, 3.63) is 0 Å². The van der Waals surface area contributed by atoms with E-state index in [0.717, 1.165) is 32.8 Å².